The lowest BCUT2D eigenvalue weighted by Crippen LogP contribution is -2.38. The minimum atomic E-state index is -4.02. The molecule has 12 nitrogen and oxygen atoms in total. The van der Waals surface area contributed by atoms with Crippen molar-refractivity contribution in [1.29, 1.82) is 0 Å². The number of anilines is 1. The fourth-order valence-electron chi connectivity index (χ4n) is 8.50. The van der Waals surface area contributed by atoms with Gasteiger partial charge in [0.25, 0.3) is 0 Å². The summed E-state index contributed by atoms with van der Waals surface area (Å²) in [5.74, 6) is -0.657. The lowest BCUT2D eigenvalue weighted by molar-refractivity contribution is -0.147. The molecule has 0 radical (unpaired) electrons. The minimum absolute atomic E-state index is 0. The van der Waals surface area contributed by atoms with Crippen LogP contribution in [0.4, 0.5) is 5.82 Å². The smallest absolute Gasteiger partial charge is 0.310 e. The highest BCUT2D eigenvalue weighted by Gasteiger charge is 2.53. The number of ether oxygens (including phenoxy) is 1. The second kappa shape index (κ2) is 14.7. The van der Waals surface area contributed by atoms with E-state index in [1.807, 2.05) is 55.8 Å². The van der Waals surface area contributed by atoms with E-state index in [1.54, 1.807) is 19.9 Å². The Bertz CT molecular complexity index is 2230. The second-order valence-corrected chi connectivity index (χ2v) is 18.9. The Labute approximate surface area is 331 Å². The molecule has 2 N–H and O–H groups in total. The van der Waals surface area contributed by atoms with Gasteiger partial charge in [-0.15, -0.1) is 5.10 Å². The van der Waals surface area contributed by atoms with E-state index < -0.39 is 32.9 Å². The fraction of sp³-hybridized carbons (Fsp3) is 0.561. The number of carbonyl (C=O) groups is 1. The van der Waals surface area contributed by atoms with Crippen molar-refractivity contribution in [3.63, 3.8) is 0 Å². The highest BCUT2D eigenvalue weighted by atomic mass is 32.2. The Morgan fingerprint density at radius 2 is 1.78 bits per heavy atom. The van der Waals surface area contributed by atoms with E-state index in [0.29, 0.717) is 11.9 Å². The molecule has 1 spiro atoms. The number of likely N-dealkylation sites (tertiary alicyclic amines) is 1. The fourth-order valence-corrected chi connectivity index (χ4v) is 10.1. The standard InChI is InChI=1S/C41H53N7O5S.H2S/c1-25-10-11-29(35(40(5,6)39(49)50)32-14-15-33-36(28(32)4)44-45-48(33)31-12-13-31)21-30(25)23-47-24-41(16-17-41)53-38-34(54(47,51)52)20-26(2)37(43-38)42-27(3)22-46-18-8-7-9-19-46;/h10-11,14-15,20-21,27,31,35H,7-9,12-13,16-19,22-24H2,1-6H3,(H,42,43)(H,49,50);1H2/t27-,35-;/m0./s1. The molecule has 2 aliphatic carbocycles. The predicted octanol–water partition coefficient (Wildman–Crippen LogP) is 6.84. The third-order valence-electron chi connectivity index (χ3n) is 12.2. The number of nitrogens with one attached hydrogen (secondary N) is 1. The van der Waals surface area contributed by atoms with Crippen LogP contribution in [0.15, 0.2) is 41.3 Å². The lowest BCUT2D eigenvalue weighted by Gasteiger charge is -2.33. The van der Waals surface area contributed by atoms with Gasteiger partial charge in [-0.25, -0.2) is 13.1 Å². The Morgan fingerprint density at radius 1 is 1.05 bits per heavy atom. The van der Waals surface area contributed by atoms with Crippen LogP contribution in [0.5, 0.6) is 5.88 Å². The summed E-state index contributed by atoms with van der Waals surface area (Å²) in [5.41, 5.74) is 4.96. The molecule has 4 aromatic rings. The third kappa shape index (κ3) is 7.47. The van der Waals surface area contributed by atoms with Crippen molar-refractivity contribution in [3.05, 3.63) is 69.8 Å². The van der Waals surface area contributed by atoms with Crippen LogP contribution in [-0.4, -0.2) is 86.5 Å². The van der Waals surface area contributed by atoms with Crippen LogP contribution in [0.1, 0.15) is 111 Å². The molecule has 2 atom stereocenters. The van der Waals surface area contributed by atoms with Crippen LogP contribution in [0.3, 0.4) is 0 Å². The summed E-state index contributed by atoms with van der Waals surface area (Å²) in [4.78, 5) is 20.3. The van der Waals surface area contributed by atoms with Crippen LogP contribution < -0.4 is 10.1 Å². The molecule has 4 aliphatic rings. The second-order valence-electron chi connectivity index (χ2n) is 17.0. The Hall–Kier alpha value is -3.72. The molecule has 55 heavy (non-hydrogen) atoms. The molecule has 0 unspecified atom stereocenters. The van der Waals surface area contributed by atoms with Crippen LogP contribution in [0, 0.1) is 26.2 Å². The molecule has 2 aliphatic heterocycles. The van der Waals surface area contributed by atoms with Crippen LogP contribution >= 0.6 is 13.5 Å². The first-order chi connectivity index (χ1) is 25.7. The molecule has 1 saturated heterocycles. The number of hydrogen-bond acceptors (Lipinski definition) is 9. The highest BCUT2D eigenvalue weighted by Crippen LogP contribution is 2.48. The molecule has 3 fully saturated rings. The van der Waals surface area contributed by atoms with Gasteiger partial charge in [-0.05, 0) is 139 Å². The molecule has 4 heterocycles. The van der Waals surface area contributed by atoms with Gasteiger partial charge in [0.2, 0.25) is 15.9 Å². The Kier molecular flexibility index (Phi) is 10.5. The van der Waals surface area contributed by atoms with Crippen molar-refractivity contribution in [3.8, 4) is 5.88 Å². The van der Waals surface area contributed by atoms with E-state index >= 15 is 0 Å². The number of benzene rings is 2. The topological polar surface area (TPSA) is 143 Å². The summed E-state index contributed by atoms with van der Waals surface area (Å²) in [6, 6.07) is 12.2. The number of sulfonamides is 1. The number of rotatable bonds is 11. The van der Waals surface area contributed by atoms with Gasteiger partial charge in [-0.3, -0.25) is 4.79 Å². The van der Waals surface area contributed by atoms with Crippen LogP contribution in [-0.2, 0) is 21.4 Å². The van der Waals surface area contributed by atoms with Gasteiger partial charge in [0.1, 0.15) is 21.8 Å². The summed E-state index contributed by atoms with van der Waals surface area (Å²) in [7, 11) is -4.02. The summed E-state index contributed by atoms with van der Waals surface area (Å²) < 4.78 is 39.2. The molecular formula is C41H55N7O5S2. The van der Waals surface area contributed by atoms with E-state index in [1.165, 1.54) is 23.6 Å². The molecule has 296 valence electrons. The van der Waals surface area contributed by atoms with Crippen molar-refractivity contribution in [2.24, 2.45) is 5.41 Å². The summed E-state index contributed by atoms with van der Waals surface area (Å²) in [6.45, 7) is 14.9. The van der Waals surface area contributed by atoms with Gasteiger partial charge in [0, 0.05) is 25.0 Å². The first-order valence-corrected chi connectivity index (χ1v) is 21.0. The number of aromatic nitrogens is 4. The maximum absolute atomic E-state index is 14.6. The maximum atomic E-state index is 14.6. The number of nitrogens with zero attached hydrogens (tertiary/aromatic N) is 6. The normalized spacial score (nSPS) is 20.5. The maximum Gasteiger partial charge on any atom is 0.310 e. The summed E-state index contributed by atoms with van der Waals surface area (Å²) in [5, 5.41) is 23.1. The van der Waals surface area contributed by atoms with Gasteiger partial charge in [0.15, 0.2) is 0 Å². The summed E-state index contributed by atoms with van der Waals surface area (Å²) >= 11 is 0. The molecule has 2 saturated carbocycles. The monoisotopic (exact) mass is 789 g/mol. The zero-order valence-corrected chi connectivity index (χ0v) is 34.7. The van der Waals surface area contributed by atoms with Gasteiger partial charge < -0.3 is 20.1 Å². The van der Waals surface area contributed by atoms with Crippen molar-refractivity contribution in [2.75, 3.05) is 31.5 Å². The Morgan fingerprint density at radius 3 is 2.45 bits per heavy atom. The van der Waals surface area contributed by atoms with E-state index in [0.717, 1.165) is 89.7 Å². The number of aryl methyl sites for hydroxylation is 3. The number of aliphatic carboxylic acids is 1. The highest BCUT2D eigenvalue weighted by molar-refractivity contribution is 7.89. The number of fused-ring (bicyclic) bond motifs is 2. The average molecular weight is 790 g/mol. The molecule has 0 amide bonds. The summed E-state index contributed by atoms with van der Waals surface area (Å²) in [6.07, 6.45) is 7.37. The molecule has 14 heteroatoms. The van der Waals surface area contributed by atoms with Gasteiger partial charge >= 0.3 is 5.97 Å². The van der Waals surface area contributed by atoms with Crippen molar-refractivity contribution in [1.82, 2.24) is 29.2 Å². The number of carboxylic acids is 1. The quantitative estimate of drug-likeness (QED) is 0.166. The van der Waals surface area contributed by atoms with E-state index in [4.69, 9.17) is 9.72 Å². The van der Waals surface area contributed by atoms with Gasteiger partial charge in [0.05, 0.1) is 23.5 Å². The molecule has 8 rings (SSSR count). The minimum Gasteiger partial charge on any atom is -0.481 e. The van der Waals surface area contributed by atoms with Crippen molar-refractivity contribution in [2.45, 2.75) is 122 Å². The number of piperidine rings is 1. The number of hydrogen-bond donors (Lipinski definition) is 2. The molecule has 2 aromatic heterocycles. The molecule has 0 bridgehead atoms. The Balaban J connectivity index is 0.00000465. The predicted molar refractivity (Wildman–Crippen MR) is 218 cm³/mol. The van der Waals surface area contributed by atoms with E-state index in [9.17, 15) is 18.3 Å². The third-order valence-corrected chi connectivity index (χ3v) is 14.0. The zero-order chi connectivity index (χ0) is 38.2. The lowest BCUT2D eigenvalue weighted by atomic mass is 9.69. The van der Waals surface area contributed by atoms with Gasteiger partial charge in [-0.2, -0.15) is 22.8 Å². The molecular weight excluding hydrogens is 735 g/mol. The van der Waals surface area contributed by atoms with E-state index in [-0.39, 0.29) is 43.4 Å². The number of carboxylic acid groups (broad SMARTS) is 1. The van der Waals surface area contributed by atoms with Crippen LogP contribution in [0.25, 0.3) is 11.0 Å². The van der Waals surface area contributed by atoms with Crippen molar-refractivity contribution < 1.29 is 23.1 Å². The average Bonchev–Trinajstić information content (AvgIpc) is 4.06. The first kappa shape index (κ1) is 39.5. The zero-order valence-electron chi connectivity index (χ0n) is 32.9. The number of pyridine rings is 1. The molecule has 2 aromatic carbocycles. The van der Waals surface area contributed by atoms with Crippen molar-refractivity contribution >= 4 is 46.3 Å². The van der Waals surface area contributed by atoms with Crippen LogP contribution in [0.2, 0.25) is 0 Å². The largest absolute Gasteiger partial charge is 0.481 e. The van der Waals surface area contributed by atoms with Gasteiger partial charge in [-0.1, -0.05) is 35.9 Å². The first-order valence-electron chi connectivity index (χ1n) is 19.5. The van der Waals surface area contributed by atoms with E-state index in [2.05, 4.69) is 27.5 Å². The SMILES string of the molecule is Cc1ccc([C@@H](c2ccc3c(nnn3C3CC3)c2C)C(C)(C)C(=O)O)cc1CN1CC2(CC2)Oc2nc(N[C@@H](C)CN3CCCCC3)c(C)cc2S1(=O)=O.S.